The van der Waals surface area contributed by atoms with Crippen molar-refractivity contribution in [1.82, 2.24) is 4.72 Å². The highest BCUT2D eigenvalue weighted by Crippen LogP contribution is 2.17. The summed E-state index contributed by atoms with van der Waals surface area (Å²) >= 11 is 0. The molecule has 0 radical (unpaired) electrons. The first kappa shape index (κ1) is 16.8. The second-order valence-corrected chi connectivity index (χ2v) is 6.32. The lowest BCUT2D eigenvalue weighted by Crippen LogP contribution is -2.53. The first-order chi connectivity index (χ1) is 9.30. The molecule has 0 amide bonds. The van der Waals surface area contributed by atoms with Crippen LogP contribution in [0.5, 0.6) is 0 Å². The molecule has 0 aromatic heterocycles. The van der Waals surface area contributed by atoms with Gasteiger partial charge in [-0.1, -0.05) is 19.1 Å². The van der Waals surface area contributed by atoms with Crippen LogP contribution in [0.4, 0.5) is 0 Å². The third-order valence-corrected chi connectivity index (χ3v) is 4.76. The molecule has 0 atom stereocenters. The monoisotopic (exact) mass is 301 g/mol. The largest absolute Gasteiger partial charge is 0.394 e. The van der Waals surface area contributed by atoms with Crippen molar-refractivity contribution in [3.05, 3.63) is 29.8 Å². The van der Waals surface area contributed by atoms with Crippen molar-refractivity contribution in [1.29, 1.82) is 0 Å². The van der Waals surface area contributed by atoms with E-state index in [1.165, 1.54) is 31.2 Å². The van der Waals surface area contributed by atoms with Gasteiger partial charge in [0, 0.05) is 5.56 Å². The van der Waals surface area contributed by atoms with Crippen LogP contribution >= 0.6 is 0 Å². The van der Waals surface area contributed by atoms with Crippen LogP contribution in [0.15, 0.2) is 29.2 Å². The number of benzene rings is 1. The number of hydrogen-bond acceptors (Lipinski definition) is 5. The Bertz CT molecular complexity index is 570. The van der Waals surface area contributed by atoms with Crippen LogP contribution in [0, 0.1) is 0 Å². The molecule has 20 heavy (non-hydrogen) atoms. The van der Waals surface area contributed by atoms with E-state index in [-0.39, 0.29) is 22.7 Å². The Kier molecular flexibility index (Phi) is 5.41. The average molecular weight is 301 g/mol. The minimum atomic E-state index is -3.93. The predicted octanol–water partition coefficient (Wildman–Crippen LogP) is 0.301. The Balaban J connectivity index is 3.17. The van der Waals surface area contributed by atoms with Crippen LogP contribution in [-0.2, 0) is 10.0 Å². The van der Waals surface area contributed by atoms with Crippen molar-refractivity contribution in [2.24, 2.45) is 0 Å². The third-order valence-electron chi connectivity index (χ3n) is 3.18. The molecule has 1 rings (SSSR count). The Morgan fingerprint density at radius 1 is 1.30 bits per heavy atom. The van der Waals surface area contributed by atoms with Gasteiger partial charge in [-0.25, -0.2) is 13.1 Å². The third kappa shape index (κ3) is 3.63. The van der Waals surface area contributed by atoms with Crippen LogP contribution < -0.4 is 4.72 Å². The lowest BCUT2D eigenvalue weighted by atomic mass is 10.0. The maximum Gasteiger partial charge on any atom is 0.241 e. The van der Waals surface area contributed by atoms with Crippen molar-refractivity contribution >= 4 is 15.8 Å². The van der Waals surface area contributed by atoms with Crippen molar-refractivity contribution in [2.75, 3.05) is 13.2 Å². The zero-order valence-electron chi connectivity index (χ0n) is 11.5. The molecule has 3 N–H and O–H groups in total. The molecule has 0 aliphatic carbocycles. The Morgan fingerprint density at radius 3 is 2.35 bits per heavy atom. The number of aliphatic hydroxyl groups is 2. The lowest BCUT2D eigenvalue weighted by molar-refractivity contribution is 0.101. The molecule has 0 bridgehead atoms. The van der Waals surface area contributed by atoms with E-state index in [0.717, 1.165) is 0 Å². The van der Waals surface area contributed by atoms with Gasteiger partial charge in [0.25, 0.3) is 0 Å². The SMILES string of the molecule is CCC(CO)(CO)NS(=O)(=O)c1cccc(C(C)=O)c1. The molecule has 0 unspecified atom stereocenters. The molecule has 1 aromatic rings. The molecular weight excluding hydrogens is 282 g/mol. The van der Waals surface area contributed by atoms with Crippen molar-refractivity contribution in [3.8, 4) is 0 Å². The molecule has 0 aliphatic rings. The summed E-state index contributed by atoms with van der Waals surface area (Å²) in [6, 6.07) is 5.60. The van der Waals surface area contributed by atoms with Gasteiger partial charge in [0.2, 0.25) is 10.0 Å². The van der Waals surface area contributed by atoms with Crippen LogP contribution in [0.1, 0.15) is 30.6 Å². The lowest BCUT2D eigenvalue weighted by Gasteiger charge is -2.29. The molecule has 0 fully saturated rings. The van der Waals surface area contributed by atoms with E-state index in [0.29, 0.717) is 0 Å². The van der Waals surface area contributed by atoms with Gasteiger partial charge in [-0.3, -0.25) is 4.79 Å². The van der Waals surface area contributed by atoms with E-state index in [1.807, 2.05) is 0 Å². The zero-order chi connectivity index (χ0) is 15.4. The second-order valence-electron chi connectivity index (χ2n) is 4.64. The van der Waals surface area contributed by atoms with Gasteiger partial charge in [0.15, 0.2) is 5.78 Å². The number of sulfonamides is 1. The first-order valence-corrected chi connectivity index (χ1v) is 7.65. The highest BCUT2D eigenvalue weighted by Gasteiger charge is 2.32. The molecule has 0 heterocycles. The van der Waals surface area contributed by atoms with Gasteiger partial charge >= 0.3 is 0 Å². The van der Waals surface area contributed by atoms with Crippen LogP contribution in [0.2, 0.25) is 0 Å². The van der Waals surface area contributed by atoms with E-state index in [9.17, 15) is 23.4 Å². The molecule has 0 saturated carbocycles. The topological polar surface area (TPSA) is 104 Å². The van der Waals surface area contributed by atoms with Gasteiger partial charge in [-0.2, -0.15) is 0 Å². The molecule has 0 spiro atoms. The number of nitrogens with one attached hydrogen (secondary N) is 1. The normalized spacial score (nSPS) is 12.4. The molecular formula is C13H19NO5S. The number of ketones is 1. The van der Waals surface area contributed by atoms with Gasteiger partial charge in [0.1, 0.15) is 0 Å². The number of Topliss-reactive ketones (excluding diaryl/α,β-unsaturated/α-hetero) is 1. The summed E-state index contributed by atoms with van der Waals surface area (Å²) in [5, 5.41) is 18.6. The zero-order valence-corrected chi connectivity index (χ0v) is 12.3. The first-order valence-electron chi connectivity index (χ1n) is 6.17. The fourth-order valence-electron chi connectivity index (χ4n) is 1.64. The average Bonchev–Trinajstić information content (AvgIpc) is 2.45. The van der Waals surface area contributed by atoms with E-state index in [2.05, 4.69) is 4.72 Å². The van der Waals surface area contributed by atoms with Gasteiger partial charge < -0.3 is 10.2 Å². The van der Waals surface area contributed by atoms with Crippen LogP contribution in [0.25, 0.3) is 0 Å². The summed E-state index contributed by atoms with van der Waals surface area (Å²) < 4.78 is 26.8. The second kappa shape index (κ2) is 6.45. The molecule has 0 aliphatic heterocycles. The number of carbonyl (C=O) groups is 1. The highest BCUT2D eigenvalue weighted by atomic mass is 32.2. The summed E-state index contributed by atoms with van der Waals surface area (Å²) in [4.78, 5) is 11.2. The van der Waals surface area contributed by atoms with E-state index >= 15 is 0 Å². The Hall–Kier alpha value is -1.28. The summed E-state index contributed by atoms with van der Waals surface area (Å²) in [5.41, 5.74) is -1.03. The highest BCUT2D eigenvalue weighted by molar-refractivity contribution is 7.89. The number of rotatable bonds is 7. The molecule has 112 valence electrons. The smallest absolute Gasteiger partial charge is 0.241 e. The van der Waals surface area contributed by atoms with Gasteiger partial charge in [-0.15, -0.1) is 0 Å². The Labute approximate surface area is 118 Å². The van der Waals surface area contributed by atoms with Gasteiger partial charge in [0.05, 0.1) is 23.6 Å². The van der Waals surface area contributed by atoms with Crippen molar-refractivity contribution in [2.45, 2.75) is 30.7 Å². The fraction of sp³-hybridized carbons (Fsp3) is 0.462. The predicted molar refractivity (Wildman–Crippen MR) is 74.0 cm³/mol. The standard InChI is InChI=1S/C13H19NO5S/c1-3-13(8-15,9-16)14-20(18,19)12-6-4-5-11(7-12)10(2)17/h4-7,14-16H,3,8-9H2,1-2H3. The maximum absolute atomic E-state index is 12.3. The maximum atomic E-state index is 12.3. The number of carbonyl (C=O) groups excluding carboxylic acids is 1. The fourth-order valence-corrected chi connectivity index (χ4v) is 3.14. The molecule has 1 aromatic carbocycles. The van der Waals surface area contributed by atoms with Crippen molar-refractivity contribution in [3.63, 3.8) is 0 Å². The van der Waals surface area contributed by atoms with Crippen LogP contribution in [0.3, 0.4) is 0 Å². The van der Waals surface area contributed by atoms with E-state index in [4.69, 9.17) is 0 Å². The molecule has 6 nitrogen and oxygen atoms in total. The van der Waals surface area contributed by atoms with E-state index in [1.54, 1.807) is 6.92 Å². The van der Waals surface area contributed by atoms with E-state index < -0.39 is 28.8 Å². The molecule has 0 saturated heterocycles. The quantitative estimate of drug-likeness (QED) is 0.628. The Morgan fingerprint density at radius 2 is 1.90 bits per heavy atom. The number of aliphatic hydroxyl groups excluding tert-OH is 2. The van der Waals surface area contributed by atoms with Gasteiger partial charge in [-0.05, 0) is 25.5 Å². The summed E-state index contributed by atoms with van der Waals surface area (Å²) in [7, 11) is -3.93. The van der Waals surface area contributed by atoms with Crippen LogP contribution in [-0.4, -0.2) is 43.2 Å². The minimum Gasteiger partial charge on any atom is -0.394 e. The summed E-state index contributed by atoms with van der Waals surface area (Å²) in [6.45, 7) is 1.95. The molecule has 7 heteroatoms. The van der Waals surface area contributed by atoms with Crippen molar-refractivity contribution < 1.29 is 23.4 Å². The number of hydrogen-bond donors (Lipinski definition) is 3. The minimum absolute atomic E-state index is 0.0788. The summed E-state index contributed by atoms with van der Waals surface area (Å²) in [5.74, 6) is -0.242. The summed E-state index contributed by atoms with van der Waals surface area (Å²) in [6.07, 6.45) is 0.228.